The summed E-state index contributed by atoms with van der Waals surface area (Å²) < 4.78 is 12.9. The molecule has 4 nitrogen and oxygen atoms in total. The van der Waals surface area contributed by atoms with Crippen molar-refractivity contribution in [1.29, 1.82) is 0 Å². The average molecular weight is 328 g/mol. The van der Waals surface area contributed by atoms with E-state index in [9.17, 15) is 14.0 Å². The van der Waals surface area contributed by atoms with Crippen LogP contribution in [0.4, 0.5) is 4.39 Å². The lowest BCUT2D eigenvalue weighted by Crippen LogP contribution is -2.40. The predicted molar refractivity (Wildman–Crippen MR) is 91.0 cm³/mol. The van der Waals surface area contributed by atoms with Crippen molar-refractivity contribution in [2.45, 2.75) is 20.4 Å². The number of amides is 2. The second-order valence-corrected chi connectivity index (χ2v) is 5.54. The Morgan fingerprint density at radius 1 is 1.08 bits per heavy atom. The van der Waals surface area contributed by atoms with Crippen LogP contribution in [0.25, 0.3) is 0 Å². The molecule has 0 saturated heterocycles. The van der Waals surface area contributed by atoms with Gasteiger partial charge in [0, 0.05) is 18.7 Å². The number of aryl methyl sites for hydroxylation is 1. The molecule has 126 valence electrons. The number of carbonyl (C=O) groups is 2. The van der Waals surface area contributed by atoms with Crippen LogP contribution < -0.4 is 5.32 Å². The van der Waals surface area contributed by atoms with E-state index >= 15 is 0 Å². The topological polar surface area (TPSA) is 49.4 Å². The van der Waals surface area contributed by atoms with E-state index in [0.717, 1.165) is 11.1 Å². The summed E-state index contributed by atoms with van der Waals surface area (Å²) in [5.41, 5.74) is 2.29. The minimum atomic E-state index is -0.314. The van der Waals surface area contributed by atoms with Crippen LogP contribution >= 0.6 is 0 Å². The summed E-state index contributed by atoms with van der Waals surface area (Å²) in [6, 6.07) is 13.2. The Bertz CT molecular complexity index is 714. The van der Waals surface area contributed by atoms with E-state index in [1.165, 1.54) is 17.0 Å². The van der Waals surface area contributed by atoms with E-state index in [-0.39, 0.29) is 24.2 Å². The highest BCUT2D eigenvalue weighted by atomic mass is 19.1. The van der Waals surface area contributed by atoms with Crippen molar-refractivity contribution in [2.75, 3.05) is 13.1 Å². The number of nitrogens with one attached hydrogen (secondary N) is 1. The SMILES string of the molecule is CCN(CC(=O)NCc1ccc(F)cc1)C(=O)c1ccccc1C. The second-order valence-electron chi connectivity index (χ2n) is 5.54. The first-order valence-corrected chi connectivity index (χ1v) is 7.87. The van der Waals surface area contributed by atoms with Crippen LogP contribution in [-0.2, 0) is 11.3 Å². The van der Waals surface area contributed by atoms with Crippen LogP contribution in [0.3, 0.4) is 0 Å². The van der Waals surface area contributed by atoms with Gasteiger partial charge in [0.2, 0.25) is 5.91 Å². The number of nitrogens with zero attached hydrogens (tertiary/aromatic N) is 1. The summed E-state index contributed by atoms with van der Waals surface area (Å²) in [7, 11) is 0. The van der Waals surface area contributed by atoms with Crippen LogP contribution in [0.5, 0.6) is 0 Å². The summed E-state index contributed by atoms with van der Waals surface area (Å²) >= 11 is 0. The average Bonchev–Trinajstić information content (AvgIpc) is 2.59. The standard InChI is InChI=1S/C19H21FN2O2/c1-3-22(19(24)17-7-5-4-6-14(17)2)13-18(23)21-12-15-8-10-16(20)11-9-15/h4-11H,3,12-13H2,1-2H3,(H,21,23). The van der Waals surface area contributed by atoms with Gasteiger partial charge in [-0.2, -0.15) is 0 Å². The zero-order valence-corrected chi connectivity index (χ0v) is 13.9. The van der Waals surface area contributed by atoms with Gasteiger partial charge in [0.15, 0.2) is 0 Å². The number of rotatable bonds is 6. The van der Waals surface area contributed by atoms with E-state index in [4.69, 9.17) is 0 Å². The fourth-order valence-corrected chi connectivity index (χ4v) is 2.34. The van der Waals surface area contributed by atoms with E-state index in [2.05, 4.69) is 5.32 Å². The highest BCUT2D eigenvalue weighted by Gasteiger charge is 2.18. The number of likely N-dealkylation sites (N-methyl/N-ethyl adjacent to an activating group) is 1. The van der Waals surface area contributed by atoms with Gasteiger partial charge in [0.25, 0.3) is 5.91 Å². The molecule has 0 spiro atoms. The van der Waals surface area contributed by atoms with Gasteiger partial charge in [0.1, 0.15) is 5.82 Å². The van der Waals surface area contributed by atoms with Crippen LogP contribution in [-0.4, -0.2) is 29.8 Å². The molecule has 0 radical (unpaired) electrons. The van der Waals surface area contributed by atoms with Gasteiger partial charge in [-0.1, -0.05) is 30.3 Å². The van der Waals surface area contributed by atoms with Crippen LogP contribution in [0.1, 0.15) is 28.4 Å². The zero-order chi connectivity index (χ0) is 17.5. The minimum Gasteiger partial charge on any atom is -0.350 e. The summed E-state index contributed by atoms with van der Waals surface area (Å²) in [4.78, 5) is 26.1. The monoisotopic (exact) mass is 328 g/mol. The molecule has 0 aromatic heterocycles. The summed E-state index contributed by atoms with van der Waals surface area (Å²) in [5.74, 6) is -0.721. The minimum absolute atomic E-state index is 0.00907. The van der Waals surface area contributed by atoms with Crippen LogP contribution in [0, 0.1) is 12.7 Å². The Kier molecular flexibility index (Phi) is 6.07. The molecule has 0 aliphatic heterocycles. The van der Waals surface area contributed by atoms with E-state index in [1.807, 2.05) is 32.0 Å². The molecule has 2 rings (SSSR count). The molecule has 2 aromatic carbocycles. The van der Waals surface area contributed by atoms with Gasteiger partial charge >= 0.3 is 0 Å². The fraction of sp³-hybridized carbons (Fsp3) is 0.263. The molecule has 0 fully saturated rings. The molecule has 0 atom stereocenters. The Hall–Kier alpha value is -2.69. The Morgan fingerprint density at radius 3 is 2.38 bits per heavy atom. The third-order valence-corrected chi connectivity index (χ3v) is 3.78. The van der Waals surface area contributed by atoms with E-state index in [0.29, 0.717) is 18.7 Å². The van der Waals surface area contributed by atoms with Crippen molar-refractivity contribution in [3.05, 3.63) is 71.0 Å². The lowest BCUT2D eigenvalue weighted by molar-refractivity contribution is -0.121. The quantitative estimate of drug-likeness (QED) is 0.886. The molecule has 0 unspecified atom stereocenters. The molecule has 5 heteroatoms. The highest BCUT2D eigenvalue weighted by molar-refractivity contribution is 5.97. The number of hydrogen-bond donors (Lipinski definition) is 1. The second kappa shape index (κ2) is 8.24. The molecule has 0 aliphatic rings. The van der Waals surface area contributed by atoms with Crippen molar-refractivity contribution < 1.29 is 14.0 Å². The lowest BCUT2D eigenvalue weighted by Gasteiger charge is -2.21. The van der Waals surface area contributed by atoms with Gasteiger partial charge < -0.3 is 10.2 Å². The first kappa shape index (κ1) is 17.7. The molecule has 0 bridgehead atoms. The summed E-state index contributed by atoms with van der Waals surface area (Å²) in [6.07, 6.45) is 0. The van der Waals surface area contributed by atoms with Crippen LogP contribution in [0.15, 0.2) is 48.5 Å². The van der Waals surface area contributed by atoms with Gasteiger partial charge in [-0.05, 0) is 43.2 Å². The zero-order valence-electron chi connectivity index (χ0n) is 13.9. The number of carbonyl (C=O) groups excluding carboxylic acids is 2. The first-order valence-electron chi connectivity index (χ1n) is 7.87. The van der Waals surface area contributed by atoms with Crippen molar-refractivity contribution in [3.63, 3.8) is 0 Å². The third kappa shape index (κ3) is 4.65. The van der Waals surface area contributed by atoms with Crippen molar-refractivity contribution >= 4 is 11.8 Å². The molecular formula is C19H21FN2O2. The molecule has 2 amide bonds. The number of hydrogen-bond acceptors (Lipinski definition) is 2. The Morgan fingerprint density at radius 2 is 1.75 bits per heavy atom. The lowest BCUT2D eigenvalue weighted by atomic mass is 10.1. The molecule has 0 heterocycles. The van der Waals surface area contributed by atoms with Crippen molar-refractivity contribution in [1.82, 2.24) is 10.2 Å². The first-order chi connectivity index (χ1) is 11.5. The van der Waals surface area contributed by atoms with Crippen molar-refractivity contribution in [3.8, 4) is 0 Å². The number of benzene rings is 2. The highest BCUT2D eigenvalue weighted by Crippen LogP contribution is 2.10. The molecular weight excluding hydrogens is 307 g/mol. The fourth-order valence-electron chi connectivity index (χ4n) is 2.34. The van der Waals surface area contributed by atoms with Gasteiger partial charge in [0.05, 0.1) is 6.54 Å². The predicted octanol–water partition coefficient (Wildman–Crippen LogP) is 2.91. The van der Waals surface area contributed by atoms with E-state index in [1.54, 1.807) is 18.2 Å². The maximum absolute atomic E-state index is 12.9. The molecule has 1 N–H and O–H groups in total. The maximum atomic E-state index is 12.9. The smallest absolute Gasteiger partial charge is 0.254 e. The summed E-state index contributed by atoms with van der Waals surface area (Å²) in [6.45, 7) is 4.44. The Balaban J connectivity index is 1.94. The van der Waals surface area contributed by atoms with E-state index < -0.39 is 0 Å². The van der Waals surface area contributed by atoms with Gasteiger partial charge in [-0.25, -0.2) is 4.39 Å². The maximum Gasteiger partial charge on any atom is 0.254 e. The molecule has 2 aromatic rings. The van der Waals surface area contributed by atoms with Crippen LogP contribution in [0.2, 0.25) is 0 Å². The molecule has 24 heavy (non-hydrogen) atoms. The Labute approximate surface area is 141 Å². The van der Waals surface area contributed by atoms with Gasteiger partial charge in [-0.3, -0.25) is 9.59 Å². The largest absolute Gasteiger partial charge is 0.350 e. The van der Waals surface area contributed by atoms with Gasteiger partial charge in [-0.15, -0.1) is 0 Å². The van der Waals surface area contributed by atoms with Crippen molar-refractivity contribution in [2.24, 2.45) is 0 Å². The summed E-state index contributed by atoms with van der Waals surface area (Å²) in [5, 5.41) is 2.75. The number of halogens is 1. The third-order valence-electron chi connectivity index (χ3n) is 3.78. The molecule has 0 aliphatic carbocycles. The normalized spacial score (nSPS) is 10.3. The molecule has 0 saturated carbocycles.